The van der Waals surface area contributed by atoms with E-state index in [2.05, 4.69) is 15.6 Å². The van der Waals surface area contributed by atoms with Crippen LogP contribution in [0.1, 0.15) is 24.5 Å². The minimum absolute atomic E-state index is 0.0326. The van der Waals surface area contributed by atoms with Crippen molar-refractivity contribution in [3.63, 3.8) is 0 Å². The molecule has 0 saturated carbocycles. The molecule has 1 amide bonds. The smallest absolute Gasteiger partial charge is 0.220 e. The molecule has 0 radical (unpaired) electrons. The van der Waals surface area contributed by atoms with Crippen LogP contribution in [0, 0.1) is 17.1 Å². The second kappa shape index (κ2) is 8.41. The number of carbonyl (C=O) groups excluding carboxylic acids is 1. The van der Waals surface area contributed by atoms with Gasteiger partial charge in [-0.1, -0.05) is 13.0 Å². The first-order chi connectivity index (χ1) is 15.3. The third-order valence-electron chi connectivity index (χ3n) is 5.71. The number of benzene rings is 2. The Morgan fingerprint density at radius 1 is 1.38 bits per heavy atom. The molecule has 1 saturated heterocycles. The molecule has 2 heterocycles. The lowest BCUT2D eigenvalue weighted by atomic mass is 9.93. The largest absolute Gasteiger partial charge is 0.508 e. The zero-order valence-corrected chi connectivity index (χ0v) is 17.4. The highest BCUT2D eigenvalue weighted by atomic mass is 19.1. The second-order valence-electron chi connectivity index (χ2n) is 7.85. The maximum Gasteiger partial charge on any atom is 0.220 e. The molecule has 1 fully saturated rings. The molecule has 0 bridgehead atoms. The number of allylic oxidation sites excluding steroid dienone is 2. The first-order valence-corrected chi connectivity index (χ1v) is 10.3. The van der Waals surface area contributed by atoms with Crippen molar-refractivity contribution in [2.45, 2.75) is 19.8 Å². The number of aliphatic imine (C=N–C) groups is 1. The van der Waals surface area contributed by atoms with Crippen LogP contribution in [0.3, 0.4) is 0 Å². The van der Waals surface area contributed by atoms with Crippen molar-refractivity contribution in [3.05, 3.63) is 58.4 Å². The molecule has 2 aromatic carbocycles. The fourth-order valence-corrected chi connectivity index (χ4v) is 4.07. The average molecular weight is 439 g/mol. The fraction of sp³-hybridized carbons (Fsp3) is 0.261. The summed E-state index contributed by atoms with van der Waals surface area (Å²) in [4.78, 5) is 15.5. The summed E-state index contributed by atoms with van der Waals surface area (Å²) in [5.74, 6) is -1.39. The van der Waals surface area contributed by atoms with Crippen LogP contribution in [-0.4, -0.2) is 36.0 Å². The van der Waals surface area contributed by atoms with Gasteiger partial charge in [-0.05, 0) is 41.0 Å². The Kier molecular flexibility index (Phi) is 5.65. The van der Waals surface area contributed by atoms with E-state index >= 15 is 4.39 Å². The zero-order valence-electron chi connectivity index (χ0n) is 17.4. The van der Waals surface area contributed by atoms with E-state index in [4.69, 9.17) is 11.1 Å². The summed E-state index contributed by atoms with van der Waals surface area (Å²) >= 11 is 0. The number of nitrogens with two attached hydrogens (primary N) is 1. The molecule has 4 rings (SSSR count). The molecule has 9 heteroatoms. The predicted octanol–water partition coefficient (Wildman–Crippen LogP) is 2.89. The lowest BCUT2D eigenvalue weighted by molar-refractivity contribution is -0.119. The van der Waals surface area contributed by atoms with Crippen molar-refractivity contribution in [2.24, 2.45) is 16.6 Å². The molecule has 2 aliphatic rings. The van der Waals surface area contributed by atoms with E-state index in [1.54, 1.807) is 6.92 Å². The lowest BCUT2D eigenvalue weighted by Crippen LogP contribution is -2.31. The molecule has 0 spiro atoms. The van der Waals surface area contributed by atoms with Gasteiger partial charge >= 0.3 is 0 Å². The number of nitrogens with zero attached hydrogens (tertiary/aromatic N) is 1. The number of aryl methyl sites for hydroxylation is 1. The van der Waals surface area contributed by atoms with Gasteiger partial charge in [0.1, 0.15) is 28.8 Å². The van der Waals surface area contributed by atoms with Crippen LogP contribution < -0.4 is 16.4 Å². The Bertz CT molecular complexity index is 1230. The molecule has 166 valence electrons. The Labute approximate surface area is 183 Å². The highest BCUT2D eigenvalue weighted by Crippen LogP contribution is 2.37. The lowest BCUT2D eigenvalue weighted by Gasteiger charge is -2.19. The van der Waals surface area contributed by atoms with Gasteiger partial charge in [0.2, 0.25) is 5.91 Å². The van der Waals surface area contributed by atoms with Crippen LogP contribution in [0.5, 0.6) is 5.75 Å². The molecule has 6 N–H and O–H groups in total. The number of hydrogen-bond donors (Lipinski definition) is 5. The van der Waals surface area contributed by atoms with Crippen molar-refractivity contribution in [1.82, 2.24) is 10.6 Å². The van der Waals surface area contributed by atoms with E-state index in [-0.39, 0.29) is 40.2 Å². The average Bonchev–Trinajstić information content (AvgIpc) is 3.18. The standard InChI is InChI=1S/C23H23F2N5O2/c1-2-14-17(24)4-3-12-6-13(31)7-15(19(12)14)22-20(25)21(26)16(10-29-22)23(27)30-9-11-5-18(32)28-8-11/h3-4,6-7,10-11,26,30-31H,2,5,8-9,27H2,1H3,(H,28,32)/b23-16+,26-21?. The summed E-state index contributed by atoms with van der Waals surface area (Å²) in [5.41, 5.74) is 6.06. The van der Waals surface area contributed by atoms with Crippen molar-refractivity contribution < 1.29 is 18.7 Å². The van der Waals surface area contributed by atoms with Crippen molar-refractivity contribution >= 4 is 34.3 Å². The number of hydrogen-bond acceptors (Lipinski definition) is 6. The van der Waals surface area contributed by atoms with Gasteiger partial charge in [-0.15, -0.1) is 0 Å². The molecule has 1 atom stereocenters. The molecule has 2 aromatic rings. The highest BCUT2D eigenvalue weighted by molar-refractivity contribution is 6.27. The summed E-state index contributed by atoms with van der Waals surface area (Å²) in [6, 6.07) is 5.62. The molecular weight excluding hydrogens is 416 g/mol. The van der Waals surface area contributed by atoms with Gasteiger partial charge in [0, 0.05) is 37.2 Å². The minimum atomic E-state index is -0.928. The van der Waals surface area contributed by atoms with E-state index in [0.717, 1.165) is 0 Å². The highest BCUT2D eigenvalue weighted by Gasteiger charge is 2.26. The molecule has 0 aromatic heterocycles. The number of phenols is 1. The van der Waals surface area contributed by atoms with Crippen molar-refractivity contribution in [1.29, 1.82) is 5.41 Å². The van der Waals surface area contributed by atoms with Gasteiger partial charge in [-0.3, -0.25) is 15.2 Å². The third-order valence-corrected chi connectivity index (χ3v) is 5.71. The third kappa shape index (κ3) is 3.81. The monoisotopic (exact) mass is 439 g/mol. The number of nitrogens with one attached hydrogen (secondary N) is 3. The van der Waals surface area contributed by atoms with Gasteiger partial charge in [0.15, 0.2) is 5.83 Å². The Hall–Kier alpha value is -3.75. The van der Waals surface area contributed by atoms with Gasteiger partial charge in [-0.2, -0.15) is 0 Å². The number of phenolic OH excluding ortho intramolecular Hbond substituents is 1. The Balaban J connectivity index is 1.71. The van der Waals surface area contributed by atoms with Crippen molar-refractivity contribution in [2.75, 3.05) is 13.1 Å². The number of carbonyl (C=O) groups is 1. The normalized spacial score (nSPS) is 20.2. The quantitative estimate of drug-likeness (QED) is 0.491. The molecule has 32 heavy (non-hydrogen) atoms. The molecule has 0 aliphatic carbocycles. The van der Waals surface area contributed by atoms with Gasteiger partial charge in [0.05, 0.1) is 5.57 Å². The van der Waals surface area contributed by atoms with Gasteiger partial charge in [-0.25, -0.2) is 8.78 Å². The molecule has 7 nitrogen and oxygen atoms in total. The number of aromatic hydroxyl groups is 1. The van der Waals surface area contributed by atoms with Crippen LogP contribution in [-0.2, 0) is 11.2 Å². The van der Waals surface area contributed by atoms with E-state index in [0.29, 0.717) is 42.3 Å². The number of fused-ring (bicyclic) bond motifs is 1. The maximum atomic E-state index is 15.3. The van der Waals surface area contributed by atoms with Crippen LogP contribution in [0.15, 0.2) is 46.5 Å². The summed E-state index contributed by atoms with van der Waals surface area (Å²) in [6.45, 7) is 2.70. The Morgan fingerprint density at radius 3 is 2.84 bits per heavy atom. The summed E-state index contributed by atoms with van der Waals surface area (Å²) in [7, 11) is 0. The SMILES string of the molecule is CCc1c(F)ccc2cc(O)cc(C3=C(F)C(=N)/C(=C(\N)NCC4CNC(=O)C4)C=N3)c12. The first kappa shape index (κ1) is 21.5. The zero-order chi connectivity index (χ0) is 23.0. The topological polar surface area (TPSA) is 124 Å². The van der Waals surface area contributed by atoms with E-state index in [1.165, 1.54) is 30.5 Å². The second-order valence-corrected chi connectivity index (χ2v) is 7.85. The van der Waals surface area contributed by atoms with E-state index in [9.17, 15) is 14.3 Å². The number of amides is 1. The molecule has 1 unspecified atom stereocenters. The molecule has 2 aliphatic heterocycles. The number of halogens is 2. The summed E-state index contributed by atoms with van der Waals surface area (Å²) < 4.78 is 29.8. The minimum Gasteiger partial charge on any atom is -0.508 e. The number of rotatable bonds is 5. The van der Waals surface area contributed by atoms with E-state index < -0.39 is 17.4 Å². The predicted molar refractivity (Wildman–Crippen MR) is 120 cm³/mol. The van der Waals surface area contributed by atoms with Gasteiger partial charge in [0.25, 0.3) is 0 Å². The first-order valence-electron chi connectivity index (χ1n) is 10.3. The fourth-order valence-electron chi connectivity index (χ4n) is 4.07. The summed E-state index contributed by atoms with van der Waals surface area (Å²) in [5, 5.41) is 25.1. The van der Waals surface area contributed by atoms with Crippen LogP contribution in [0.4, 0.5) is 8.78 Å². The van der Waals surface area contributed by atoms with E-state index in [1.807, 2.05) is 0 Å². The van der Waals surface area contributed by atoms with Crippen molar-refractivity contribution in [3.8, 4) is 5.75 Å². The van der Waals surface area contributed by atoms with Crippen LogP contribution >= 0.6 is 0 Å². The maximum absolute atomic E-state index is 15.3. The summed E-state index contributed by atoms with van der Waals surface area (Å²) in [6.07, 6.45) is 2.01. The van der Waals surface area contributed by atoms with Crippen LogP contribution in [0.2, 0.25) is 0 Å². The van der Waals surface area contributed by atoms with Crippen LogP contribution in [0.25, 0.3) is 16.5 Å². The Morgan fingerprint density at radius 2 is 2.16 bits per heavy atom. The van der Waals surface area contributed by atoms with Gasteiger partial charge < -0.3 is 21.5 Å². The molecular formula is C23H23F2N5O2.